The van der Waals surface area contributed by atoms with E-state index in [4.69, 9.17) is 9.15 Å². The Morgan fingerprint density at radius 1 is 1.52 bits per heavy atom. The molecule has 0 spiro atoms. The summed E-state index contributed by atoms with van der Waals surface area (Å²) >= 11 is 1.38. The molecule has 122 valence electrons. The van der Waals surface area contributed by atoms with Crippen molar-refractivity contribution < 1.29 is 18.7 Å². The summed E-state index contributed by atoms with van der Waals surface area (Å²) in [6.07, 6.45) is 2.34. The number of hydrogen-bond acceptors (Lipinski definition) is 6. The Hall–Kier alpha value is -2.12. The van der Waals surface area contributed by atoms with Gasteiger partial charge in [-0.05, 0) is 37.0 Å². The van der Waals surface area contributed by atoms with Crippen molar-refractivity contribution in [3.8, 4) is 0 Å². The summed E-state index contributed by atoms with van der Waals surface area (Å²) < 4.78 is 10.1. The molecule has 0 bridgehead atoms. The van der Waals surface area contributed by atoms with Gasteiger partial charge < -0.3 is 14.1 Å². The first-order valence-corrected chi connectivity index (χ1v) is 8.19. The number of methoxy groups -OCH3 is 1. The van der Waals surface area contributed by atoms with Gasteiger partial charge >= 0.3 is 5.97 Å². The normalized spacial score (nSPS) is 18.0. The number of carbonyl (C=O) groups excluding carboxylic acids is 2. The van der Waals surface area contributed by atoms with Gasteiger partial charge in [0.25, 0.3) is 0 Å². The SMILES string of the molecule is COC(=O)c1ccsc1N1CC[C@H](N(C)Cc2ccco2)C1=O. The fourth-order valence-electron chi connectivity index (χ4n) is 2.81. The molecule has 1 amide bonds. The molecule has 0 saturated carbocycles. The Balaban J connectivity index is 1.74. The summed E-state index contributed by atoms with van der Waals surface area (Å²) in [6, 6.07) is 5.20. The summed E-state index contributed by atoms with van der Waals surface area (Å²) in [4.78, 5) is 28.2. The predicted octanol–water partition coefficient (Wildman–Crippen LogP) is 2.37. The molecule has 0 aliphatic carbocycles. The van der Waals surface area contributed by atoms with E-state index < -0.39 is 5.97 Å². The molecular formula is C16H18N2O4S. The van der Waals surface area contributed by atoms with Crippen LogP contribution in [0.3, 0.4) is 0 Å². The Labute approximate surface area is 138 Å². The Bertz CT molecular complexity index is 695. The van der Waals surface area contributed by atoms with Gasteiger partial charge in [-0.3, -0.25) is 9.69 Å². The molecule has 23 heavy (non-hydrogen) atoms. The van der Waals surface area contributed by atoms with E-state index in [0.29, 0.717) is 30.1 Å². The van der Waals surface area contributed by atoms with Crippen LogP contribution in [-0.2, 0) is 16.1 Å². The monoisotopic (exact) mass is 334 g/mol. The van der Waals surface area contributed by atoms with E-state index in [9.17, 15) is 9.59 Å². The zero-order chi connectivity index (χ0) is 16.4. The van der Waals surface area contributed by atoms with Crippen molar-refractivity contribution in [3.63, 3.8) is 0 Å². The van der Waals surface area contributed by atoms with Crippen molar-refractivity contribution in [3.05, 3.63) is 41.2 Å². The number of carbonyl (C=O) groups is 2. The second-order valence-corrected chi connectivity index (χ2v) is 6.31. The van der Waals surface area contributed by atoms with Crippen LogP contribution in [0, 0.1) is 0 Å². The molecule has 0 N–H and O–H groups in total. The molecule has 1 saturated heterocycles. The molecule has 7 heteroatoms. The smallest absolute Gasteiger partial charge is 0.340 e. The Morgan fingerprint density at radius 3 is 3.04 bits per heavy atom. The van der Waals surface area contributed by atoms with E-state index in [1.165, 1.54) is 18.4 Å². The molecule has 1 aliphatic rings. The van der Waals surface area contributed by atoms with Crippen LogP contribution in [0.15, 0.2) is 34.3 Å². The van der Waals surface area contributed by atoms with Gasteiger partial charge in [-0.1, -0.05) is 0 Å². The van der Waals surface area contributed by atoms with Crippen molar-refractivity contribution in [2.45, 2.75) is 19.0 Å². The van der Waals surface area contributed by atoms with Gasteiger partial charge in [0, 0.05) is 6.54 Å². The highest BCUT2D eigenvalue weighted by atomic mass is 32.1. The van der Waals surface area contributed by atoms with E-state index in [1.807, 2.05) is 24.1 Å². The summed E-state index contributed by atoms with van der Waals surface area (Å²) in [5.74, 6) is 0.415. The number of furan rings is 1. The minimum atomic E-state index is -0.415. The molecule has 1 atom stereocenters. The van der Waals surface area contributed by atoms with Crippen LogP contribution in [0.4, 0.5) is 5.00 Å². The highest BCUT2D eigenvalue weighted by molar-refractivity contribution is 7.14. The zero-order valence-corrected chi connectivity index (χ0v) is 13.8. The van der Waals surface area contributed by atoms with Gasteiger partial charge in [-0.2, -0.15) is 0 Å². The Kier molecular flexibility index (Phi) is 4.49. The fourth-order valence-corrected chi connectivity index (χ4v) is 3.73. The van der Waals surface area contributed by atoms with E-state index >= 15 is 0 Å². The van der Waals surface area contributed by atoms with Gasteiger partial charge in [0.2, 0.25) is 5.91 Å². The molecule has 1 fully saturated rings. The van der Waals surface area contributed by atoms with Crippen LogP contribution in [0.1, 0.15) is 22.5 Å². The third-order valence-electron chi connectivity index (χ3n) is 3.99. The number of nitrogens with zero attached hydrogens (tertiary/aromatic N) is 2. The molecule has 3 rings (SSSR count). The summed E-state index contributed by atoms with van der Waals surface area (Å²) in [6.45, 7) is 1.17. The summed E-state index contributed by atoms with van der Waals surface area (Å²) in [5, 5.41) is 2.46. The van der Waals surface area contributed by atoms with Gasteiger partial charge in [-0.25, -0.2) is 4.79 Å². The fraction of sp³-hybridized carbons (Fsp3) is 0.375. The number of esters is 1. The van der Waals surface area contributed by atoms with Gasteiger partial charge in [-0.15, -0.1) is 11.3 Å². The molecule has 6 nitrogen and oxygen atoms in total. The number of ether oxygens (including phenoxy) is 1. The van der Waals surface area contributed by atoms with Crippen molar-refractivity contribution in [2.75, 3.05) is 25.6 Å². The van der Waals surface area contributed by atoms with Gasteiger partial charge in [0.15, 0.2) is 0 Å². The van der Waals surface area contributed by atoms with E-state index in [1.54, 1.807) is 22.6 Å². The van der Waals surface area contributed by atoms with Crippen LogP contribution in [0.2, 0.25) is 0 Å². The van der Waals surface area contributed by atoms with E-state index in [-0.39, 0.29) is 11.9 Å². The standard InChI is InChI=1S/C16H18N2O4S/c1-17(10-11-4-3-8-22-11)13-5-7-18(14(13)19)15-12(6-9-23-15)16(20)21-2/h3-4,6,8-9,13H,5,7,10H2,1-2H3/t13-/m0/s1. The average Bonchev–Trinajstić information content (AvgIpc) is 3.26. The van der Waals surface area contributed by atoms with Crippen LogP contribution in [0.25, 0.3) is 0 Å². The number of hydrogen-bond donors (Lipinski definition) is 0. The topological polar surface area (TPSA) is 63.0 Å². The lowest BCUT2D eigenvalue weighted by Crippen LogP contribution is -2.39. The van der Waals surface area contributed by atoms with Gasteiger partial charge in [0.1, 0.15) is 10.8 Å². The lowest BCUT2D eigenvalue weighted by molar-refractivity contribution is -0.121. The van der Waals surface area contributed by atoms with Crippen LogP contribution < -0.4 is 4.90 Å². The lowest BCUT2D eigenvalue weighted by atomic mass is 10.2. The highest BCUT2D eigenvalue weighted by Gasteiger charge is 2.37. The van der Waals surface area contributed by atoms with Crippen molar-refractivity contribution >= 4 is 28.2 Å². The first kappa shape index (κ1) is 15.8. The largest absolute Gasteiger partial charge is 0.468 e. The average molecular weight is 334 g/mol. The maximum absolute atomic E-state index is 12.7. The van der Waals surface area contributed by atoms with Crippen molar-refractivity contribution in [1.29, 1.82) is 0 Å². The molecule has 2 aromatic rings. The van der Waals surface area contributed by atoms with Crippen LogP contribution in [0.5, 0.6) is 0 Å². The van der Waals surface area contributed by atoms with Gasteiger partial charge in [0.05, 0.1) is 31.5 Å². The number of likely N-dealkylation sites (N-methyl/N-ethyl adjacent to an activating group) is 1. The molecular weight excluding hydrogens is 316 g/mol. The highest BCUT2D eigenvalue weighted by Crippen LogP contribution is 2.33. The maximum Gasteiger partial charge on any atom is 0.340 e. The molecule has 3 heterocycles. The summed E-state index contributed by atoms with van der Waals surface area (Å²) in [7, 11) is 3.25. The predicted molar refractivity (Wildman–Crippen MR) is 86.6 cm³/mol. The van der Waals surface area contributed by atoms with Crippen molar-refractivity contribution in [2.24, 2.45) is 0 Å². The van der Waals surface area contributed by atoms with Crippen LogP contribution >= 0.6 is 11.3 Å². The minimum absolute atomic E-state index is 0.00617. The number of rotatable bonds is 5. The lowest BCUT2D eigenvalue weighted by Gasteiger charge is -2.22. The second kappa shape index (κ2) is 6.55. The molecule has 0 radical (unpaired) electrons. The van der Waals surface area contributed by atoms with E-state index in [0.717, 1.165) is 5.76 Å². The van der Waals surface area contributed by atoms with Crippen LogP contribution in [-0.4, -0.2) is 43.5 Å². The molecule has 0 unspecified atom stereocenters. The number of amides is 1. The van der Waals surface area contributed by atoms with Crippen molar-refractivity contribution in [1.82, 2.24) is 4.90 Å². The third kappa shape index (κ3) is 3.02. The van der Waals surface area contributed by atoms with E-state index in [2.05, 4.69) is 0 Å². The first-order chi connectivity index (χ1) is 11.1. The minimum Gasteiger partial charge on any atom is -0.468 e. The zero-order valence-electron chi connectivity index (χ0n) is 13.0. The molecule has 2 aromatic heterocycles. The Morgan fingerprint density at radius 2 is 2.35 bits per heavy atom. The molecule has 1 aliphatic heterocycles. The quantitative estimate of drug-likeness (QED) is 0.786. The maximum atomic E-state index is 12.7. The first-order valence-electron chi connectivity index (χ1n) is 7.31. The molecule has 0 aromatic carbocycles. The number of thiophene rings is 1. The number of anilines is 1. The second-order valence-electron chi connectivity index (χ2n) is 5.42. The summed E-state index contributed by atoms with van der Waals surface area (Å²) in [5.41, 5.74) is 0.445. The third-order valence-corrected chi connectivity index (χ3v) is 4.93.